The van der Waals surface area contributed by atoms with Gasteiger partial charge in [-0.1, -0.05) is 25.4 Å². The monoisotopic (exact) mass is 469 g/mol. The van der Waals surface area contributed by atoms with Gasteiger partial charge in [0.15, 0.2) is 0 Å². The Hall–Kier alpha value is -3.19. The molecule has 1 aliphatic heterocycles. The van der Waals surface area contributed by atoms with Crippen molar-refractivity contribution < 1.29 is 18.7 Å². The van der Waals surface area contributed by atoms with Crippen molar-refractivity contribution in [3.05, 3.63) is 69.9 Å². The first kappa shape index (κ1) is 23.0. The second kappa shape index (κ2) is 8.30. The van der Waals surface area contributed by atoms with Crippen molar-refractivity contribution >= 4 is 40.1 Å². The quantitative estimate of drug-likeness (QED) is 0.522. The average molecular weight is 470 g/mol. The van der Waals surface area contributed by atoms with E-state index in [2.05, 4.69) is 9.97 Å². The predicted molar refractivity (Wildman–Crippen MR) is 126 cm³/mol. The number of aromatic amines is 1. The molecule has 0 unspecified atom stereocenters. The number of rotatable bonds is 3. The summed E-state index contributed by atoms with van der Waals surface area (Å²) in [6.07, 6.45) is 2.70. The number of aromatic nitrogens is 2. The van der Waals surface area contributed by atoms with E-state index in [0.717, 1.165) is 10.9 Å². The van der Waals surface area contributed by atoms with Gasteiger partial charge in [-0.05, 0) is 56.2 Å². The van der Waals surface area contributed by atoms with E-state index in [1.807, 2.05) is 13.8 Å². The van der Waals surface area contributed by atoms with E-state index >= 15 is 0 Å². The number of H-pyrrole nitrogens is 1. The van der Waals surface area contributed by atoms with Crippen LogP contribution in [-0.2, 0) is 14.9 Å². The fraction of sp³-hybridized carbons (Fsp3) is 0.320. The number of fused-ring (bicyclic) bond motifs is 3. The van der Waals surface area contributed by atoms with Gasteiger partial charge < -0.3 is 14.6 Å². The molecule has 1 amide bonds. The number of nitrogens with zero attached hydrogens (tertiary/aromatic N) is 2. The molecule has 1 aromatic carbocycles. The number of halogens is 2. The molecule has 2 aromatic heterocycles. The standard InChI is InChI=1S/C25H25ClFN3O3/c1-13(2)33-24(32)18-11-30(23(31)15-6-7-19(27)14(3)8-15)12-25(4,5)20-17-9-16(26)10-28-22(17)29-21(18)20/h6-11,13H,12H2,1-5H3,(H,28,29). The van der Waals surface area contributed by atoms with E-state index in [9.17, 15) is 14.0 Å². The summed E-state index contributed by atoms with van der Waals surface area (Å²) in [5.41, 5.74) is 2.29. The number of carbonyl (C=O) groups is 2. The van der Waals surface area contributed by atoms with Crippen LogP contribution in [0.1, 0.15) is 54.9 Å². The van der Waals surface area contributed by atoms with Crippen LogP contribution in [0.4, 0.5) is 4.39 Å². The summed E-state index contributed by atoms with van der Waals surface area (Å²) in [5, 5.41) is 1.24. The smallest absolute Gasteiger partial charge is 0.342 e. The molecule has 3 heterocycles. The lowest BCUT2D eigenvalue weighted by Crippen LogP contribution is -2.37. The number of nitrogens with one attached hydrogen (secondary N) is 1. The van der Waals surface area contributed by atoms with Gasteiger partial charge in [0, 0.05) is 35.3 Å². The van der Waals surface area contributed by atoms with Gasteiger partial charge in [0.25, 0.3) is 5.91 Å². The summed E-state index contributed by atoms with van der Waals surface area (Å²) in [6, 6.07) is 6.02. The third kappa shape index (κ3) is 4.25. The normalized spacial score (nSPS) is 15.3. The van der Waals surface area contributed by atoms with E-state index in [1.165, 1.54) is 35.5 Å². The van der Waals surface area contributed by atoms with Crippen molar-refractivity contribution in [3.8, 4) is 0 Å². The van der Waals surface area contributed by atoms with Gasteiger partial charge >= 0.3 is 5.97 Å². The van der Waals surface area contributed by atoms with E-state index in [0.29, 0.717) is 27.5 Å². The molecule has 0 aliphatic carbocycles. The van der Waals surface area contributed by atoms with Crippen LogP contribution in [0.15, 0.2) is 36.7 Å². The van der Waals surface area contributed by atoms with Crippen LogP contribution in [0, 0.1) is 12.7 Å². The number of hydrogen-bond acceptors (Lipinski definition) is 4. The van der Waals surface area contributed by atoms with Crippen LogP contribution in [-0.4, -0.2) is 39.4 Å². The first-order chi connectivity index (χ1) is 15.5. The van der Waals surface area contributed by atoms with Gasteiger partial charge in [0.1, 0.15) is 11.5 Å². The molecule has 6 nitrogen and oxygen atoms in total. The molecular weight excluding hydrogens is 445 g/mol. The average Bonchev–Trinajstić information content (AvgIpc) is 3.05. The number of benzene rings is 1. The number of amides is 1. The van der Waals surface area contributed by atoms with Gasteiger partial charge in [-0.25, -0.2) is 14.2 Å². The summed E-state index contributed by atoms with van der Waals surface area (Å²) in [5.74, 6) is -1.29. The third-order valence-corrected chi connectivity index (χ3v) is 5.85. The minimum atomic E-state index is -0.582. The summed E-state index contributed by atoms with van der Waals surface area (Å²) < 4.78 is 19.3. The van der Waals surface area contributed by atoms with Crippen LogP contribution < -0.4 is 0 Å². The third-order valence-electron chi connectivity index (χ3n) is 5.64. The summed E-state index contributed by atoms with van der Waals surface area (Å²) in [4.78, 5) is 35.7. The molecular formula is C25H25ClFN3O3. The Labute approximate surface area is 196 Å². The zero-order valence-corrected chi connectivity index (χ0v) is 19.9. The lowest BCUT2D eigenvalue weighted by atomic mass is 9.82. The zero-order valence-electron chi connectivity index (χ0n) is 19.1. The largest absolute Gasteiger partial charge is 0.459 e. The Kier molecular flexibility index (Phi) is 5.78. The molecule has 1 aliphatic rings. The van der Waals surface area contributed by atoms with Crippen molar-refractivity contribution in [2.24, 2.45) is 0 Å². The predicted octanol–water partition coefficient (Wildman–Crippen LogP) is 5.39. The molecule has 8 heteroatoms. The molecule has 0 radical (unpaired) electrons. The van der Waals surface area contributed by atoms with Crippen molar-refractivity contribution in [3.63, 3.8) is 0 Å². The van der Waals surface area contributed by atoms with Gasteiger partial charge in [-0.2, -0.15) is 0 Å². The molecule has 1 N–H and O–H groups in total. The lowest BCUT2D eigenvalue weighted by Gasteiger charge is -2.29. The van der Waals surface area contributed by atoms with Crippen LogP contribution in [0.5, 0.6) is 0 Å². The van der Waals surface area contributed by atoms with Crippen molar-refractivity contribution in [2.75, 3.05) is 6.54 Å². The van der Waals surface area contributed by atoms with Gasteiger partial charge in [-0.3, -0.25) is 4.79 Å². The minimum absolute atomic E-state index is 0.214. The maximum atomic E-state index is 13.8. The maximum absolute atomic E-state index is 13.8. The van der Waals surface area contributed by atoms with Crippen LogP contribution in [0.2, 0.25) is 5.02 Å². The topological polar surface area (TPSA) is 75.3 Å². The Morgan fingerprint density at radius 2 is 2.00 bits per heavy atom. The SMILES string of the molecule is Cc1cc(C(=O)N2C=C(C(=O)OC(C)C)c3[nH]c4ncc(Cl)cc4c3C(C)(C)C2)ccc1F. The Morgan fingerprint density at radius 1 is 1.27 bits per heavy atom. The highest BCUT2D eigenvalue weighted by Crippen LogP contribution is 2.40. The Bertz CT molecular complexity index is 1310. The van der Waals surface area contributed by atoms with Gasteiger partial charge in [0.05, 0.1) is 22.4 Å². The number of hydrogen-bond donors (Lipinski definition) is 1. The number of esters is 1. The second-order valence-corrected chi connectivity index (χ2v) is 9.64. The summed E-state index contributed by atoms with van der Waals surface area (Å²) >= 11 is 6.23. The van der Waals surface area contributed by atoms with Crippen molar-refractivity contribution in [2.45, 2.75) is 46.1 Å². The first-order valence-electron chi connectivity index (χ1n) is 10.7. The summed E-state index contributed by atoms with van der Waals surface area (Å²) in [7, 11) is 0. The minimum Gasteiger partial charge on any atom is -0.459 e. The van der Waals surface area contributed by atoms with Gasteiger partial charge in [-0.15, -0.1) is 0 Å². The molecule has 33 heavy (non-hydrogen) atoms. The number of ether oxygens (including phenoxy) is 1. The molecule has 0 fully saturated rings. The molecule has 172 valence electrons. The molecule has 0 saturated carbocycles. The van der Waals surface area contributed by atoms with E-state index in [1.54, 1.807) is 26.8 Å². The first-order valence-corrected chi connectivity index (χ1v) is 11.0. The van der Waals surface area contributed by atoms with E-state index in [-0.39, 0.29) is 29.9 Å². The van der Waals surface area contributed by atoms with Gasteiger partial charge in [0.2, 0.25) is 0 Å². The van der Waals surface area contributed by atoms with Crippen LogP contribution in [0.25, 0.3) is 16.6 Å². The molecule has 0 saturated heterocycles. The van der Waals surface area contributed by atoms with Crippen LogP contribution in [0.3, 0.4) is 0 Å². The molecule has 0 bridgehead atoms. The number of pyridine rings is 1. The highest BCUT2D eigenvalue weighted by Gasteiger charge is 2.38. The highest BCUT2D eigenvalue weighted by atomic mass is 35.5. The fourth-order valence-corrected chi connectivity index (χ4v) is 4.39. The maximum Gasteiger partial charge on any atom is 0.342 e. The van der Waals surface area contributed by atoms with Crippen LogP contribution >= 0.6 is 11.6 Å². The molecule has 3 aromatic rings. The van der Waals surface area contributed by atoms with E-state index in [4.69, 9.17) is 16.3 Å². The van der Waals surface area contributed by atoms with E-state index < -0.39 is 11.4 Å². The zero-order chi connectivity index (χ0) is 24.1. The fourth-order valence-electron chi connectivity index (χ4n) is 4.23. The van der Waals surface area contributed by atoms with Crippen molar-refractivity contribution in [1.82, 2.24) is 14.9 Å². The number of aryl methyl sites for hydroxylation is 1. The summed E-state index contributed by atoms with van der Waals surface area (Å²) in [6.45, 7) is 9.37. The second-order valence-electron chi connectivity index (χ2n) is 9.20. The van der Waals surface area contributed by atoms with Crippen molar-refractivity contribution in [1.29, 1.82) is 0 Å². The lowest BCUT2D eigenvalue weighted by molar-refractivity contribution is -0.140. The number of carbonyl (C=O) groups excluding carboxylic acids is 2. The molecule has 4 rings (SSSR count). The molecule has 0 spiro atoms. The Morgan fingerprint density at radius 3 is 2.67 bits per heavy atom. The molecule has 0 atom stereocenters. The Balaban J connectivity index is 1.91. The highest BCUT2D eigenvalue weighted by molar-refractivity contribution is 6.31.